The number of unbranched alkanes of at least 4 members (excludes halogenated alkanes) is 1. The highest BCUT2D eigenvalue weighted by atomic mass is 35.5. The van der Waals surface area contributed by atoms with E-state index in [0.717, 1.165) is 12.5 Å². The number of nitro groups is 1. The summed E-state index contributed by atoms with van der Waals surface area (Å²) in [5.74, 6) is -2.75. The molecule has 2 amide bonds. The summed E-state index contributed by atoms with van der Waals surface area (Å²) in [5, 5.41) is 15.4. The first-order chi connectivity index (χ1) is 13.8. The highest BCUT2D eigenvalue weighted by Gasteiger charge is 2.20. The van der Waals surface area contributed by atoms with E-state index in [2.05, 4.69) is 10.6 Å². The fourth-order valence-electron chi connectivity index (χ4n) is 2.25. The molecule has 0 saturated carbocycles. The van der Waals surface area contributed by atoms with Crippen molar-refractivity contribution in [1.29, 1.82) is 0 Å². The topological polar surface area (TPSA) is 128 Å². The number of ether oxygens (including phenoxy) is 1. The number of carbonyl (C=O) groups is 3. The lowest BCUT2D eigenvalue weighted by Crippen LogP contribution is -2.29. The van der Waals surface area contributed by atoms with Gasteiger partial charge in [0.05, 0.1) is 22.8 Å². The van der Waals surface area contributed by atoms with Gasteiger partial charge in [0, 0.05) is 11.8 Å². The van der Waals surface area contributed by atoms with Crippen LogP contribution in [0.2, 0.25) is 5.02 Å². The van der Waals surface area contributed by atoms with E-state index < -0.39 is 28.4 Å². The molecular formula is C19H18ClN3O6. The van der Waals surface area contributed by atoms with Crippen LogP contribution in [-0.4, -0.2) is 29.3 Å². The molecule has 0 unspecified atom stereocenters. The van der Waals surface area contributed by atoms with Gasteiger partial charge in [-0.3, -0.25) is 19.7 Å². The minimum atomic E-state index is -1.07. The second-order valence-electron chi connectivity index (χ2n) is 5.87. The summed E-state index contributed by atoms with van der Waals surface area (Å²) in [6.07, 6.45) is 1.56. The third kappa shape index (κ3) is 6.01. The second kappa shape index (κ2) is 10.2. The molecule has 0 heterocycles. The fraction of sp³-hybridized carbons (Fsp3) is 0.211. The third-order valence-corrected chi connectivity index (χ3v) is 4.05. The zero-order chi connectivity index (χ0) is 21.4. The van der Waals surface area contributed by atoms with Crippen LogP contribution >= 0.6 is 11.6 Å². The SMILES string of the molecule is CCCCOC(=O)c1ccccc1NC(=O)C(=O)Nc1ccc(Cl)c([N+](=O)[O-])c1. The number of anilines is 2. The Morgan fingerprint density at radius 2 is 1.79 bits per heavy atom. The first kappa shape index (κ1) is 21.8. The van der Waals surface area contributed by atoms with E-state index in [9.17, 15) is 24.5 Å². The molecule has 0 saturated heterocycles. The van der Waals surface area contributed by atoms with E-state index in [1.54, 1.807) is 12.1 Å². The molecule has 152 valence electrons. The highest BCUT2D eigenvalue weighted by molar-refractivity contribution is 6.44. The van der Waals surface area contributed by atoms with Crippen LogP contribution in [0, 0.1) is 10.1 Å². The molecule has 2 N–H and O–H groups in total. The monoisotopic (exact) mass is 419 g/mol. The van der Waals surface area contributed by atoms with E-state index in [4.69, 9.17) is 16.3 Å². The van der Waals surface area contributed by atoms with Gasteiger partial charge in [-0.1, -0.05) is 37.1 Å². The van der Waals surface area contributed by atoms with E-state index in [1.165, 1.54) is 24.3 Å². The summed E-state index contributed by atoms with van der Waals surface area (Å²) in [6, 6.07) is 9.68. The first-order valence-corrected chi connectivity index (χ1v) is 9.03. The average molecular weight is 420 g/mol. The largest absolute Gasteiger partial charge is 0.462 e. The third-order valence-electron chi connectivity index (χ3n) is 3.73. The van der Waals surface area contributed by atoms with Crippen LogP contribution in [0.25, 0.3) is 0 Å². The molecule has 2 aromatic rings. The molecule has 0 aliphatic rings. The lowest BCUT2D eigenvalue weighted by atomic mass is 10.1. The fourth-order valence-corrected chi connectivity index (χ4v) is 2.44. The van der Waals surface area contributed by atoms with Gasteiger partial charge in [-0.25, -0.2) is 4.79 Å². The van der Waals surface area contributed by atoms with Gasteiger partial charge in [0.1, 0.15) is 5.02 Å². The van der Waals surface area contributed by atoms with Crippen LogP contribution in [-0.2, 0) is 14.3 Å². The second-order valence-corrected chi connectivity index (χ2v) is 6.27. The summed E-state index contributed by atoms with van der Waals surface area (Å²) < 4.78 is 5.13. The molecule has 0 radical (unpaired) electrons. The molecule has 9 nitrogen and oxygen atoms in total. The Bertz CT molecular complexity index is 947. The minimum absolute atomic E-state index is 0.0218. The molecule has 2 rings (SSSR count). The quantitative estimate of drug-likeness (QED) is 0.231. The van der Waals surface area contributed by atoms with Gasteiger partial charge in [0.15, 0.2) is 0 Å². The lowest BCUT2D eigenvalue weighted by Gasteiger charge is -2.11. The Morgan fingerprint density at radius 1 is 1.10 bits per heavy atom. The zero-order valence-electron chi connectivity index (χ0n) is 15.4. The Hall–Kier alpha value is -3.46. The van der Waals surface area contributed by atoms with Gasteiger partial charge in [-0.2, -0.15) is 0 Å². The molecule has 0 spiro atoms. The van der Waals surface area contributed by atoms with E-state index in [-0.39, 0.29) is 28.6 Å². The summed E-state index contributed by atoms with van der Waals surface area (Å²) in [7, 11) is 0. The number of halogens is 1. The molecular weight excluding hydrogens is 402 g/mol. The number of nitrogens with zero attached hydrogens (tertiary/aromatic N) is 1. The lowest BCUT2D eigenvalue weighted by molar-refractivity contribution is -0.384. The Labute approximate surface area is 171 Å². The van der Waals surface area contributed by atoms with Gasteiger partial charge in [-0.15, -0.1) is 0 Å². The van der Waals surface area contributed by atoms with Gasteiger partial charge < -0.3 is 15.4 Å². The number of esters is 1. The standard InChI is InChI=1S/C19H18ClN3O6/c1-2-3-10-29-19(26)13-6-4-5-7-15(13)22-18(25)17(24)21-12-8-9-14(20)16(11-12)23(27)28/h4-9,11H,2-3,10H2,1H3,(H,21,24)(H,22,25). The predicted octanol–water partition coefficient (Wildman–Crippen LogP) is 3.78. The number of hydrogen-bond donors (Lipinski definition) is 2. The van der Waals surface area contributed by atoms with Crippen LogP contribution in [0.1, 0.15) is 30.1 Å². The van der Waals surface area contributed by atoms with Crippen molar-refractivity contribution in [3.63, 3.8) is 0 Å². The van der Waals surface area contributed by atoms with Crippen LogP contribution in [0.3, 0.4) is 0 Å². The van der Waals surface area contributed by atoms with Gasteiger partial charge in [0.25, 0.3) is 5.69 Å². The minimum Gasteiger partial charge on any atom is -0.462 e. The maximum atomic E-state index is 12.2. The number of nitrogens with one attached hydrogen (secondary N) is 2. The number of hydrogen-bond acceptors (Lipinski definition) is 6. The Kier molecular flexibility index (Phi) is 7.67. The van der Waals surface area contributed by atoms with Crippen LogP contribution in [0.15, 0.2) is 42.5 Å². The van der Waals surface area contributed by atoms with Crippen molar-refractivity contribution >= 4 is 46.4 Å². The van der Waals surface area contributed by atoms with Gasteiger partial charge in [0.2, 0.25) is 0 Å². The molecule has 0 fully saturated rings. The van der Waals surface area contributed by atoms with Crippen molar-refractivity contribution < 1.29 is 24.0 Å². The first-order valence-electron chi connectivity index (χ1n) is 8.66. The number of carbonyl (C=O) groups excluding carboxylic acids is 3. The number of para-hydroxylation sites is 1. The highest BCUT2D eigenvalue weighted by Crippen LogP contribution is 2.27. The van der Waals surface area contributed by atoms with E-state index in [0.29, 0.717) is 6.42 Å². The van der Waals surface area contributed by atoms with Crippen molar-refractivity contribution in [3.8, 4) is 0 Å². The van der Waals surface area contributed by atoms with Crippen molar-refractivity contribution in [3.05, 3.63) is 63.2 Å². The van der Waals surface area contributed by atoms with Crippen molar-refractivity contribution in [2.45, 2.75) is 19.8 Å². The molecule has 2 aromatic carbocycles. The number of nitro benzene ring substituents is 1. The summed E-state index contributed by atoms with van der Waals surface area (Å²) in [5.41, 5.74) is -0.179. The molecule has 29 heavy (non-hydrogen) atoms. The van der Waals surface area contributed by atoms with Gasteiger partial charge >= 0.3 is 17.8 Å². The zero-order valence-corrected chi connectivity index (χ0v) is 16.2. The number of benzene rings is 2. The number of amides is 2. The van der Waals surface area contributed by atoms with Crippen LogP contribution < -0.4 is 10.6 Å². The maximum absolute atomic E-state index is 12.2. The van der Waals surface area contributed by atoms with Crippen molar-refractivity contribution in [2.75, 3.05) is 17.2 Å². The molecule has 0 aliphatic carbocycles. The molecule has 0 atom stereocenters. The Balaban J connectivity index is 2.09. The van der Waals surface area contributed by atoms with E-state index >= 15 is 0 Å². The molecule has 0 aliphatic heterocycles. The summed E-state index contributed by atoms with van der Waals surface area (Å²) >= 11 is 5.71. The normalized spacial score (nSPS) is 10.1. The number of rotatable bonds is 7. The predicted molar refractivity (Wildman–Crippen MR) is 107 cm³/mol. The summed E-state index contributed by atoms with van der Waals surface area (Å²) in [4.78, 5) is 46.7. The molecule has 0 aromatic heterocycles. The smallest absolute Gasteiger partial charge is 0.340 e. The maximum Gasteiger partial charge on any atom is 0.340 e. The van der Waals surface area contributed by atoms with Crippen LogP contribution in [0.4, 0.5) is 17.1 Å². The average Bonchev–Trinajstić information content (AvgIpc) is 2.69. The molecule has 0 bridgehead atoms. The van der Waals surface area contributed by atoms with E-state index in [1.807, 2.05) is 6.92 Å². The van der Waals surface area contributed by atoms with Crippen LogP contribution in [0.5, 0.6) is 0 Å². The van der Waals surface area contributed by atoms with Crippen molar-refractivity contribution in [2.24, 2.45) is 0 Å². The summed E-state index contributed by atoms with van der Waals surface area (Å²) in [6.45, 7) is 2.20. The van der Waals surface area contributed by atoms with Crippen molar-refractivity contribution in [1.82, 2.24) is 0 Å². The Morgan fingerprint density at radius 3 is 2.48 bits per heavy atom. The van der Waals surface area contributed by atoms with Gasteiger partial charge in [-0.05, 0) is 30.7 Å². The molecule has 10 heteroatoms.